The van der Waals surface area contributed by atoms with Gasteiger partial charge in [0.05, 0.1) is 15.2 Å². The van der Waals surface area contributed by atoms with E-state index in [0.29, 0.717) is 10.9 Å². The van der Waals surface area contributed by atoms with E-state index in [1.165, 1.54) is 22.3 Å². The highest BCUT2D eigenvalue weighted by molar-refractivity contribution is 14.1. The van der Waals surface area contributed by atoms with Crippen molar-refractivity contribution in [1.82, 2.24) is 9.66 Å². The molecule has 2 aromatic carbocycles. The number of thiophene rings is 1. The van der Waals surface area contributed by atoms with Crippen LogP contribution < -0.4 is 5.56 Å². The van der Waals surface area contributed by atoms with Crippen LogP contribution in [-0.4, -0.2) is 21.0 Å². The van der Waals surface area contributed by atoms with E-state index in [9.17, 15) is 9.90 Å². The Hall–Kier alpha value is -2.26. The maximum absolute atomic E-state index is 13.1. The van der Waals surface area contributed by atoms with Crippen molar-refractivity contribution >= 4 is 61.1 Å². The highest BCUT2D eigenvalue weighted by atomic mass is 127. The fraction of sp³-hybridized carbons (Fsp3) is 0.190. The summed E-state index contributed by atoms with van der Waals surface area (Å²) in [5.41, 5.74) is 1.60. The fourth-order valence-electron chi connectivity index (χ4n) is 3.80. The van der Waals surface area contributed by atoms with Gasteiger partial charge >= 0.3 is 0 Å². The summed E-state index contributed by atoms with van der Waals surface area (Å²) in [4.78, 5) is 19.6. The average molecular weight is 501 g/mol. The Morgan fingerprint density at radius 3 is 2.96 bits per heavy atom. The molecule has 5 rings (SSSR count). The van der Waals surface area contributed by atoms with Crippen molar-refractivity contribution in [2.24, 2.45) is 5.10 Å². The Kier molecular flexibility index (Phi) is 4.43. The zero-order valence-corrected chi connectivity index (χ0v) is 17.8. The number of halogens is 1. The third-order valence-corrected chi connectivity index (χ3v) is 7.21. The third kappa shape index (κ3) is 2.84. The number of rotatable bonds is 2. The minimum atomic E-state index is -0.143. The number of aryl methyl sites for hydroxylation is 2. The number of phenolic OH excluding ortho intramolecular Hbond substituents is 1. The minimum Gasteiger partial charge on any atom is -0.506 e. The molecule has 140 valence electrons. The Balaban J connectivity index is 1.66. The van der Waals surface area contributed by atoms with E-state index in [2.05, 4.69) is 32.7 Å². The Bertz CT molecular complexity index is 1320. The molecule has 1 aliphatic rings. The molecule has 0 saturated carbocycles. The first-order chi connectivity index (χ1) is 13.6. The zero-order valence-electron chi connectivity index (χ0n) is 14.9. The summed E-state index contributed by atoms with van der Waals surface area (Å²) in [7, 11) is 0. The van der Waals surface area contributed by atoms with E-state index < -0.39 is 0 Å². The van der Waals surface area contributed by atoms with Crippen LogP contribution in [0, 0.1) is 3.57 Å². The van der Waals surface area contributed by atoms with Crippen LogP contribution in [0.25, 0.3) is 21.0 Å². The van der Waals surface area contributed by atoms with Crippen molar-refractivity contribution < 1.29 is 5.11 Å². The quantitative estimate of drug-likeness (QED) is 0.321. The van der Waals surface area contributed by atoms with Crippen LogP contribution in [0.2, 0.25) is 0 Å². The standard InChI is InChI=1S/C21H16IN3O2S/c22-16-9-12-5-1-2-6-13(12)15(19(16)26)10-24-25-11-23-20-18(21(25)27)14-7-3-4-8-17(14)28-20/h1-2,5-6,9-11,26H,3-4,7-8H2/b24-10-. The van der Waals surface area contributed by atoms with Gasteiger partial charge in [0.15, 0.2) is 0 Å². The minimum absolute atomic E-state index is 0.143. The number of phenols is 1. The van der Waals surface area contributed by atoms with Crippen molar-refractivity contribution in [3.05, 3.63) is 66.6 Å². The topological polar surface area (TPSA) is 67.5 Å². The highest BCUT2D eigenvalue weighted by Crippen LogP contribution is 2.33. The Morgan fingerprint density at radius 1 is 1.25 bits per heavy atom. The van der Waals surface area contributed by atoms with Gasteiger partial charge in [0.25, 0.3) is 5.56 Å². The summed E-state index contributed by atoms with van der Waals surface area (Å²) in [6.07, 6.45) is 7.26. The molecule has 0 bridgehead atoms. The van der Waals surface area contributed by atoms with Crippen molar-refractivity contribution in [2.75, 3.05) is 0 Å². The Labute approximate surface area is 178 Å². The molecule has 0 amide bonds. The van der Waals surface area contributed by atoms with Gasteiger partial charge in [-0.05, 0) is 70.7 Å². The summed E-state index contributed by atoms with van der Waals surface area (Å²) in [5.74, 6) is 0.165. The van der Waals surface area contributed by atoms with Gasteiger partial charge < -0.3 is 5.11 Å². The second-order valence-electron chi connectivity index (χ2n) is 6.87. The molecule has 1 aliphatic carbocycles. The van der Waals surface area contributed by atoms with E-state index in [4.69, 9.17) is 0 Å². The van der Waals surface area contributed by atoms with Crippen molar-refractivity contribution in [3.8, 4) is 5.75 Å². The second-order valence-corrected chi connectivity index (χ2v) is 9.12. The van der Waals surface area contributed by atoms with E-state index in [-0.39, 0.29) is 11.3 Å². The van der Waals surface area contributed by atoms with Crippen molar-refractivity contribution in [2.45, 2.75) is 25.7 Å². The number of benzene rings is 2. The van der Waals surface area contributed by atoms with E-state index in [0.717, 1.165) is 44.0 Å². The molecule has 0 aliphatic heterocycles. The summed E-state index contributed by atoms with van der Waals surface area (Å²) in [6.45, 7) is 0. The maximum atomic E-state index is 13.1. The number of hydrogen-bond acceptors (Lipinski definition) is 5. The predicted molar refractivity (Wildman–Crippen MR) is 122 cm³/mol. The number of hydrogen-bond donors (Lipinski definition) is 1. The zero-order chi connectivity index (χ0) is 19.3. The van der Waals surface area contributed by atoms with Crippen molar-refractivity contribution in [1.29, 1.82) is 0 Å². The lowest BCUT2D eigenvalue weighted by atomic mass is 9.97. The lowest BCUT2D eigenvalue weighted by Gasteiger charge is -2.10. The average Bonchev–Trinajstić information content (AvgIpc) is 3.09. The SMILES string of the molecule is O=c1c2c3c(sc2ncn1/N=C\c1c(O)c(I)cc2ccccc12)CCCC3. The van der Waals surface area contributed by atoms with Crippen LogP contribution in [-0.2, 0) is 12.8 Å². The van der Waals surface area contributed by atoms with Gasteiger partial charge in [0.1, 0.15) is 16.9 Å². The molecule has 2 aromatic heterocycles. The molecule has 0 radical (unpaired) electrons. The number of fused-ring (bicyclic) bond motifs is 4. The lowest BCUT2D eigenvalue weighted by Crippen LogP contribution is -2.18. The number of aromatic nitrogens is 2. The van der Waals surface area contributed by atoms with E-state index in [1.54, 1.807) is 17.6 Å². The van der Waals surface area contributed by atoms with Crippen LogP contribution in [0.3, 0.4) is 0 Å². The maximum Gasteiger partial charge on any atom is 0.282 e. The largest absolute Gasteiger partial charge is 0.506 e. The molecular formula is C21H16IN3O2S. The molecule has 0 saturated heterocycles. The summed E-state index contributed by atoms with van der Waals surface area (Å²) >= 11 is 3.73. The second kappa shape index (κ2) is 6.97. The number of aromatic hydroxyl groups is 1. The van der Waals surface area contributed by atoms with E-state index in [1.807, 2.05) is 30.3 Å². The van der Waals surface area contributed by atoms with Crippen LogP contribution >= 0.6 is 33.9 Å². The first-order valence-electron chi connectivity index (χ1n) is 9.10. The molecule has 0 spiro atoms. The molecule has 28 heavy (non-hydrogen) atoms. The van der Waals surface area contributed by atoms with Gasteiger partial charge in [-0.3, -0.25) is 4.79 Å². The van der Waals surface area contributed by atoms with Crippen LogP contribution in [0.5, 0.6) is 5.75 Å². The summed E-state index contributed by atoms with van der Waals surface area (Å²) < 4.78 is 2.02. The summed E-state index contributed by atoms with van der Waals surface area (Å²) in [6, 6.07) is 9.74. The number of nitrogens with zero attached hydrogens (tertiary/aromatic N) is 3. The van der Waals surface area contributed by atoms with Crippen LogP contribution in [0.1, 0.15) is 28.8 Å². The van der Waals surface area contributed by atoms with Gasteiger partial charge in [-0.25, -0.2) is 4.98 Å². The first-order valence-corrected chi connectivity index (χ1v) is 11.0. The molecule has 5 nitrogen and oxygen atoms in total. The van der Waals surface area contributed by atoms with Gasteiger partial charge in [0.2, 0.25) is 0 Å². The van der Waals surface area contributed by atoms with Gasteiger partial charge in [-0.2, -0.15) is 9.78 Å². The first kappa shape index (κ1) is 17.8. The summed E-state index contributed by atoms with van der Waals surface area (Å²) in [5, 5.41) is 17.5. The van der Waals surface area contributed by atoms with Gasteiger partial charge in [-0.1, -0.05) is 24.3 Å². The molecule has 0 unspecified atom stereocenters. The van der Waals surface area contributed by atoms with Crippen molar-refractivity contribution in [3.63, 3.8) is 0 Å². The molecule has 2 heterocycles. The lowest BCUT2D eigenvalue weighted by molar-refractivity contribution is 0.471. The molecule has 4 aromatic rings. The van der Waals surface area contributed by atoms with Gasteiger partial charge in [-0.15, -0.1) is 11.3 Å². The molecule has 0 fully saturated rings. The molecule has 1 N–H and O–H groups in total. The monoisotopic (exact) mass is 501 g/mol. The normalized spacial score (nSPS) is 14.2. The van der Waals surface area contributed by atoms with Gasteiger partial charge in [0, 0.05) is 10.4 Å². The Morgan fingerprint density at radius 2 is 2.07 bits per heavy atom. The smallest absolute Gasteiger partial charge is 0.282 e. The molecule has 0 atom stereocenters. The van der Waals surface area contributed by atoms with Crippen LogP contribution in [0.4, 0.5) is 0 Å². The molecule has 7 heteroatoms. The predicted octanol–water partition coefficient (Wildman–Crippen LogP) is 4.68. The van der Waals surface area contributed by atoms with E-state index >= 15 is 0 Å². The highest BCUT2D eigenvalue weighted by Gasteiger charge is 2.20. The third-order valence-electron chi connectivity index (χ3n) is 5.18. The molecular weight excluding hydrogens is 485 g/mol. The fourth-order valence-corrected chi connectivity index (χ4v) is 5.64. The van der Waals surface area contributed by atoms with Crippen LogP contribution in [0.15, 0.2) is 46.6 Å².